The Labute approximate surface area is 126 Å². The maximum Gasteiger partial charge on any atom is 0.320 e. The minimum Gasteiger partial charge on any atom is -0.485 e. The number of benzene rings is 1. The van der Waals surface area contributed by atoms with Crippen molar-refractivity contribution in [1.29, 1.82) is 0 Å². The molecular weight excluding hydrogens is 300 g/mol. The van der Waals surface area contributed by atoms with Crippen molar-refractivity contribution in [3.05, 3.63) is 47.0 Å². The van der Waals surface area contributed by atoms with Gasteiger partial charge in [0.2, 0.25) is 0 Å². The normalized spacial score (nSPS) is 11.1. The zero-order chi connectivity index (χ0) is 15.2. The van der Waals surface area contributed by atoms with Crippen molar-refractivity contribution in [1.82, 2.24) is 14.9 Å². The number of aromatic nitrogens is 2. The summed E-state index contributed by atoms with van der Waals surface area (Å²) in [7, 11) is 0. The summed E-state index contributed by atoms with van der Waals surface area (Å²) >= 11 is 5.96. The van der Waals surface area contributed by atoms with Crippen LogP contribution >= 0.6 is 11.6 Å². The first-order valence-electron chi connectivity index (χ1n) is 6.53. The van der Waals surface area contributed by atoms with Crippen LogP contribution < -0.4 is 10.1 Å². The molecule has 0 radical (unpaired) electrons. The van der Waals surface area contributed by atoms with Gasteiger partial charge in [-0.2, -0.15) is 8.78 Å². The van der Waals surface area contributed by atoms with Gasteiger partial charge < -0.3 is 10.1 Å². The van der Waals surface area contributed by atoms with E-state index in [1.165, 1.54) is 12.4 Å². The molecular formula is C14H16ClF2N3O. The van der Waals surface area contributed by atoms with E-state index in [1.807, 2.05) is 6.92 Å². The fourth-order valence-electron chi connectivity index (χ4n) is 1.86. The molecule has 0 aliphatic carbocycles. The van der Waals surface area contributed by atoms with E-state index in [1.54, 1.807) is 18.2 Å². The number of nitrogens with zero attached hydrogens (tertiary/aromatic N) is 2. The van der Waals surface area contributed by atoms with E-state index in [9.17, 15) is 8.78 Å². The van der Waals surface area contributed by atoms with E-state index in [2.05, 4.69) is 10.3 Å². The highest BCUT2D eigenvalue weighted by atomic mass is 35.5. The Morgan fingerprint density at radius 3 is 2.95 bits per heavy atom. The molecule has 0 fully saturated rings. The van der Waals surface area contributed by atoms with Gasteiger partial charge in [0, 0.05) is 29.5 Å². The fraction of sp³-hybridized carbons (Fsp3) is 0.357. The van der Waals surface area contributed by atoms with Gasteiger partial charge in [-0.1, -0.05) is 18.5 Å². The van der Waals surface area contributed by atoms with Crippen LogP contribution in [0.5, 0.6) is 5.75 Å². The Morgan fingerprint density at radius 2 is 2.24 bits per heavy atom. The predicted molar refractivity (Wildman–Crippen MR) is 76.6 cm³/mol. The van der Waals surface area contributed by atoms with Crippen LogP contribution in [-0.4, -0.2) is 16.1 Å². The summed E-state index contributed by atoms with van der Waals surface area (Å²) in [6.07, 6.45) is 2.55. The van der Waals surface area contributed by atoms with Gasteiger partial charge in [-0.15, -0.1) is 0 Å². The fourth-order valence-corrected chi connectivity index (χ4v) is 2.06. The molecule has 114 valence electrons. The van der Waals surface area contributed by atoms with Gasteiger partial charge in [0.1, 0.15) is 12.4 Å². The summed E-state index contributed by atoms with van der Waals surface area (Å²) < 4.78 is 31.8. The Hall–Kier alpha value is -1.66. The van der Waals surface area contributed by atoms with E-state index in [0.29, 0.717) is 17.3 Å². The lowest BCUT2D eigenvalue weighted by atomic mass is 10.2. The molecule has 0 amide bonds. The topological polar surface area (TPSA) is 39.1 Å². The van der Waals surface area contributed by atoms with Crippen LogP contribution in [0.1, 0.15) is 24.9 Å². The van der Waals surface area contributed by atoms with Gasteiger partial charge in [-0.3, -0.25) is 4.57 Å². The van der Waals surface area contributed by atoms with E-state index >= 15 is 0 Å². The molecule has 0 saturated carbocycles. The Bertz CT molecular complexity index is 589. The van der Waals surface area contributed by atoms with E-state index in [0.717, 1.165) is 16.7 Å². The summed E-state index contributed by atoms with van der Waals surface area (Å²) in [6, 6.07) is 5.22. The summed E-state index contributed by atoms with van der Waals surface area (Å²) in [4.78, 5) is 3.88. The molecule has 0 bridgehead atoms. The highest BCUT2D eigenvalue weighted by Crippen LogP contribution is 2.24. The van der Waals surface area contributed by atoms with Gasteiger partial charge in [0.05, 0.1) is 0 Å². The molecule has 7 heteroatoms. The minimum atomic E-state index is -2.63. The van der Waals surface area contributed by atoms with E-state index < -0.39 is 6.55 Å². The third kappa shape index (κ3) is 4.15. The predicted octanol–water partition coefficient (Wildman–Crippen LogP) is 3.62. The summed E-state index contributed by atoms with van der Waals surface area (Å²) in [5, 5.41) is 3.78. The molecule has 2 aromatic rings. The number of imidazole rings is 1. The zero-order valence-electron chi connectivity index (χ0n) is 11.5. The molecule has 1 N–H and O–H groups in total. The van der Waals surface area contributed by atoms with Gasteiger partial charge in [0.15, 0.2) is 5.82 Å². The number of rotatable bonds is 7. The van der Waals surface area contributed by atoms with Crippen molar-refractivity contribution in [2.45, 2.75) is 26.6 Å². The smallest absolute Gasteiger partial charge is 0.320 e. The second-order valence-electron chi connectivity index (χ2n) is 4.35. The minimum absolute atomic E-state index is 0.0297. The first kappa shape index (κ1) is 15.7. The maximum absolute atomic E-state index is 12.7. The molecule has 0 unspecified atom stereocenters. The van der Waals surface area contributed by atoms with Crippen molar-refractivity contribution in [3.8, 4) is 5.75 Å². The second kappa shape index (κ2) is 7.38. The molecule has 0 spiro atoms. The monoisotopic (exact) mass is 315 g/mol. The number of nitrogens with one attached hydrogen (secondary N) is 1. The molecule has 0 aliphatic rings. The number of hydrogen-bond acceptors (Lipinski definition) is 3. The quantitative estimate of drug-likeness (QED) is 0.848. The van der Waals surface area contributed by atoms with Gasteiger partial charge in [-0.05, 0) is 24.7 Å². The SMILES string of the molecule is CCNCc1cc(Cl)ccc1OCc1nccn1C(F)F. The second-order valence-corrected chi connectivity index (χ2v) is 4.79. The van der Waals surface area contributed by atoms with E-state index in [4.69, 9.17) is 16.3 Å². The summed E-state index contributed by atoms with van der Waals surface area (Å²) in [5.41, 5.74) is 0.875. The molecule has 1 aromatic carbocycles. The van der Waals surface area contributed by atoms with Crippen LogP contribution in [0.3, 0.4) is 0 Å². The van der Waals surface area contributed by atoms with Crippen molar-refractivity contribution in [2.24, 2.45) is 0 Å². The van der Waals surface area contributed by atoms with Gasteiger partial charge in [0.25, 0.3) is 0 Å². The number of ether oxygens (including phenoxy) is 1. The van der Waals surface area contributed by atoms with Gasteiger partial charge in [-0.25, -0.2) is 4.98 Å². The maximum atomic E-state index is 12.7. The lowest BCUT2D eigenvalue weighted by molar-refractivity contribution is 0.0632. The molecule has 4 nitrogen and oxygen atoms in total. The molecule has 1 heterocycles. The number of halogens is 3. The zero-order valence-corrected chi connectivity index (χ0v) is 12.3. The average Bonchev–Trinajstić information content (AvgIpc) is 2.92. The largest absolute Gasteiger partial charge is 0.485 e. The first-order chi connectivity index (χ1) is 10.1. The molecule has 0 saturated heterocycles. The van der Waals surface area contributed by atoms with Crippen LogP contribution in [0.2, 0.25) is 5.02 Å². The van der Waals surface area contributed by atoms with Crippen molar-refractivity contribution in [3.63, 3.8) is 0 Å². The lowest BCUT2D eigenvalue weighted by Crippen LogP contribution is -2.13. The lowest BCUT2D eigenvalue weighted by Gasteiger charge is -2.13. The van der Waals surface area contributed by atoms with Crippen LogP contribution in [0.25, 0.3) is 0 Å². The molecule has 0 atom stereocenters. The third-order valence-corrected chi connectivity index (χ3v) is 3.14. The van der Waals surface area contributed by atoms with Crippen molar-refractivity contribution >= 4 is 11.6 Å². The first-order valence-corrected chi connectivity index (χ1v) is 6.91. The van der Waals surface area contributed by atoms with Crippen LogP contribution in [0.15, 0.2) is 30.6 Å². The van der Waals surface area contributed by atoms with Crippen LogP contribution in [0.4, 0.5) is 8.78 Å². The van der Waals surface area contributed by atoms with E-state index in [-0.39, 0.29) is 12.4 Å². The van der Waals surface area contributed by atoms with Crippen molar-refractivity contribution in [2.75, 3.05) is 6.54 Å². The van der Waals surface area contributed by atoms with Crippen molar-refractivity contribution < 1.29 is 13.5 Å². The number of alkyl halides is 2. The Balaban J connectivity index is 2.10. The highest BCUT2D eigenvalue weighted by Gasteiger charge is 2.12. The summed E-state index contributed by atoms with van der Waals surface area (Å²) in [5.74, 6) is 0.776. The number of hydrogen-bond donors (Lipinski definition) is 1. The molecule has 0 aliphatic heterocycles. The van der Waals surface area contributed by atoms with Gasteiger partial charge >= 0.3 is 6.55 Å². The summed E-state index contributed by atoms with van der Waals surface area (Å²) in [6.45, 7) is 0.734. The highest BCUT2D eigenvalue weighted by molar-refractivity contribution is 6.30. The standard InChI is InChI=1S/C14H16ClF2N3O/c1-2-18-8-10-7-11(15)3-4-12(10)21-9-13-19-5-6-20(13)14(16)17/h3-7,14,18H,2,8-9H2,1H3. The third-order valence-electron chi connectivity index (χ3n) is 2.90. The Kier molecular flexibility index (Phi) is 5.52. The molecule has 2 rings (SSSR count). The molecule has 1 aromatic heterocycles. The Morgan fingerprint density at radius 1 is 1.43 bits per heavy atom. The van der Waals surface area contributed by atoms with Crippen LogP contribution in [-0.2, 0) is 13.2 Å². The average molecular weight is 316 g/mol. The van der Waals surface area contributed by atoms with Crippen LogP contribution in [0, 0.1) is 0 Å². The molecule has 21 heavy (non-hydrogen) atoms.